The van der Waals surface area contributed by atoms with Gasteiger partial charge < -0.3 is 23.0 Å². The number of nitrogens with two attached hydrogens (primary N) is 1. The fourth-order valence-electron chi connectivity index (χ4n) is 1.87. The van der Waals surface area contributed by atoms with E-state index < -0.39 is 6.03 Å². The standard InChI is InChI=1S/C10H20N4O.ClH/c1-3-4-5-7-14(12-10(11)15)8-6-13(2)9-14;/h6,8H,3-5,7,9H2,1-2H3,(H2-,11,12,15);1H. The van der Waals surface area contributed by atoms with Crippen LogP contribution in [-0.4, -0.2) is 35.8 Å². The van der Waals surface area contributed by atoms with Crippen LogP contribution in [0.3, 0.4) is 0 Å². The third-order valence-corrected chi connectivity index (χ3v) is 2.58. The van der Waals surface area contributed by atoms with Gasteiger partial charge in [-0.1, -0.05) is 13.3 Å². The first-order valence-corrected chi connectivity index (χ1v) is 5.42. The summed E-state index contributed by atoms with van der Waals surface area (Å²) in [5, 5.41) is 0. The highest BCUT2D eigenvalue weighted by Crippen LogP contribution is 2.15. The molecule has 94 valence electrons. The molecule has 0 fully saturated rings. The van der Waals surface area contributed by atoms with E-state index >= 15 is 0 Å². The van der Waals surface area contributed by atoms with Crippen LogP contribution in [0.25, 0.3) is 0 Å². The molecule has 0 aromatic rings. The van der Waals surface area contributed by atoms with Crippen molar-refractivity contribution in [1.29, 1.82) is 0 Å². The van der Waals surface area contributed by atoms with Crippen LogP contribution in [0.5, 0.6) is 0 Å². The lowest BCUT2D eigenvalue weighted by Crippen LogP contribution is -3.00. The number of amides is 2. The summed E-state index contributed by atoms with van der Waals surface area (Å²) in [6.45, 7) is 3.82. The molecule has 5 nitrogen and oxygen atoms in total. The van der Waals surface area contributed by atoms with Gasteiger partial charge in [-0.3, -0.25) is 0 Å². The van der Waals surface area contributed by atoms with Crippen LogP contribution in [0.1, 0.15) is 26.2 Å². The van der Waals surface area contributed by atoms with Gasteiger partial charge in [-0.25, -0.2) is 4.79 Å². The van der Waals surface area contributed by atoms with Gasteiger partial charge in [0.1, 0.15) is 12.7 Å². The highest BCUT2D eigenvalue weighted by Gasteiger charge is 2.32. The Morgan fingerprint density at radius 2 is 2.25 bits per heavy atom. The fraction of sp³-hybridized carbons (Fsp3) is 0.700. The average molecular weight is 249 g/mol. The van der Waals surface area contributed by atoms with Crippen molar-refractivity contribution in [3.8, 4) is 0 Å². The zero-order chi connectivity index (χ0) is 11.3. The lowest BCUT2D eigenvalue weighted by Gasteiger charge is -2.30. The minimum Gasteiger partial charge on any atom is -1.00 e. The molecule has 0 aliphatic carbocycles. The molecule has 1 heterocycles. The number of rotatable bonds is 5. The van der Waals surface area contributed by atoms with E-state index in [-0.39, 0.29) is 12.4 Å². The molecular weight excluding hydrogens is 228 g/mol. The lowest BCUT2D eigenvalue weighted by molar-refractivity contribution is -0.915. The maximum atomic E-state index is 10.9. The van der Waals surface area contributed by atoms with Crippen molar-refractivity contribution in [2.75, 3.05) is 20.3 Å². The summed E-state index contributed by atoms with van der Waals surface area (Å²) in [6.07, 6.45) is 7.41. The summed E-state index contributed by atoms with van der Waals surface area (Å²) in [5.41, 5.74) is 7.98. The molecule has 3 N–H and O–H groups in total. The predicted octanol–water partition coefficient (Wildman–Crippen LogP) is -2.05. The molecule has 1 aliphatic rings. The van der Waals surface area contributed by atoms with Gasteiger partial charge in [0.2, 0.25) is 0 Å². The van der Waals surface area contributed by atoms with Gasteiger partial charge in [-0.05, 0) is 12.8 Å². The highest BCUT2D eigenvalue weighted by molar-refractivity contribution is 5.70. The minimum absolute atomic E-state index is 0. The first kappa shape index (κ1) is 15.1. The van der Waals surface area contributed by atoms with Gasteiger partial charge in [0.15, 0.2) is 6.67 Å². The number of urea groups is 1. The minimum atomic E-state index is -0.466. The molecule has 0 radical (unpaired) electrons. The van der Waals surface area contributed by atoms with Crippen LogP contribution in [0.15, 0.2) is 12.4 Å². The van der Waals surface area contributed by atoms with E-state index in [2.05, 4.69) is 12.3 Å². The van der Waals surface area contributed by atoms with Gasteiger partial charge in [-0.15, -0.1) is 0 Å². The number of quaternary nitrogens is 1. The molecule has 0 saturated carbocycles. The summed E-state index contributed by atoms with van der Waals surface area (Å²) in [5.74, 6) is 0. The van der Waals surface area contributed by atoms with E-state index in [0.29, 0.717) is 4.59 Å². The predicted molar refractivity (Wildman–Crippen MR) is 59.1 cm³/mol. The third kappa shape index (κ3) is 4.28. The Bertz CT molecular complexity index is 259. The van der Waals surface area contributed by atoms with Gasteiger partial charge in [-0.2, -0.15) is 10.0 Å². The molecule has 0 spiro atoms. The maximum absolute atomic E-state index is 10.9. The fourth-order valence-corrected chi connectivity index (χ4v) is 1.87. The van der Waals surface area contributed by atoms with E-state index in [4.69, 9.17) is 5.73 Å². The Kier molecular flexibility index (Phi) is 6.21. The molecule has 1 rings (SSSR count). The van der Waals surface area contributed by atoms with Crippen molar-refractivity contribution in [2.45, 2.75) is 26.2 Å². The molecule has 0 aromatic carbocycles. The summed E-state index contributed by atoms with van der Waals surface area (Å²) in [6, 6.07) is -0.466. The summed E-state index contributed by atoms with van der Waals surface area (Å²) in [7, 11) is 1.99. The molecular formula is C10H21ClN4O. The van der Waals surface area contributed by atoms with Gasteiger partial charge in [0.05, 0.1) is 6.20 Å². The number of carbonyl (C=O) groups excluding carboxylic acids is 1. The van der Waals surface area contributed by atoms with Gasteiger partial charge >= 0.3 is 6.03 Å². The molecule has 1 aliphatic heterocycles. The number of nitrogens with zero attached hydrogens (tertiary/aromatic N) is 2. The van der Waals surface area contributed by atoms with Crippen molar-refractivity contribution < 1.29 is 21.8 Å². The number of nitrogens with one attached hydrogen (secondary N) is 1. The topological polar surface area (TPSA) is 58.4 Å². The number of unbranched alkanes of at least 4 members (excludes halogenated alkanes) is 2. The molecule has 0 aromatic heterocycles. The highest BCUT2D eigenvalue weighted by atomic mass is 35.5. The molecule has 1 atom stereocenters. The monoisotopic (exact) mass is 248 g/mol. The molecule has 6 heteroatoms. The van der Waals surface area contributed by atoms with Crippen molar-refractivity contribution >= 4 is 6.03 Å². The van der Waals surface area contributed by atoms with Crippen LogP contribution >= 0.6 is 0 Å². The lowest BCUT2D eigenvalue weighted by atomic mass is 10.2. The van der Waals surface area contributed by atoms with Crippen LogP contribution in [0.2, 0.25) is 0 Å². The van der Waals surface area contributed by atoms with Crippen molar-refractivity contribution in [1.82, 2.24) is 10.3 Å². The number of carbonyl (C=O) groups is 1. The molecule has 16 heavy (non-hydrogen) atoms. The smallest absolute Gasteiger partial charge is 0.356 e. The Morgan fingerprint density at radius 1 is 1.56 bits per heavy atom. The van der Waals surface area contributed by atoms with E-state index in [1.807, 2.05) is 24.3 Å². The Balaban J connectivity index is 0.00000225. The largest absolute Gasteiger partial charge is 1.00 e. The first-order valence-electron chi connectivity index (χ1n) is 5.42. The zero-order valence-corrected chi connectivity index (χ0v) is 10.7. The van der Waals surface area contributed by atoms with Crippen molar-refractivity contribution in [3.05, 3.63) is 12.4 Å². The van der Waals surface area contributed by atoms with Gasteiger partial charge in [0.25, 0.3) is 0 Å². The molecule has 2 amide bonds. The second kappa shape index (κ2) is 6.60. The SMILES string of the molecule is CCCCC[N+]1(NC(N)=O)C=CN(C)C1.[Cl-]. The number of hydrogen-bond acceptors (Lipinski definition) is 2. The summed E-state index contributed by atoms with van der Waals surface area (Å²) >= 11 is 0. The van der Waals surface area contributed by atoms with E-state index in [9.17, 15) is 4.79 Å². The summed E-state index contributed by atoms with van der Waals surface area (Å²) in [4.78, 5) is 13.0. The molecule has 1 unspecified atom stereocenters. The average Bonchev–Trinajstić information content (AvgIpc) is 2.47. The summed E-state index contributed by atoms with van der Waals surface area (Å²) < 4.78 is 0.450. The quantitative estimate of drug-likeness (QED) is 0.435. The number of primary amides is 1. The Hall–Kier alpha value is -0.940. The van der Waals surface area contributed by atoms with E-state index in [1.54, 1.807) is 0 Å². The van der Waals surface area contributed by atoms with Gasteiger partial charge in [0, 0.05) is 7.05 Å². The second-order valence-electron chi connectivity index (χ2n) is 4.14. The number of halogens is 1. The maximum Gasteiger partial charge on any atom is 0.356 e. The third-order valence-electron chi connectivity index (χ3n) is 2.58. The van der Waals surface area contributed by atoms with Crippen LogP contribution in [0, 0.1) is 0 Å². The van der Waals surface area contributed by atoms with Crippen LogP contribution in [0.4, 0.5) is 4.79 Å². The first-order chi connectivity index (χ1) is 7.08. The normalized spacial score (nSPS) is 23.0. The molecule has 0 bridgehead atoms. The van der Waals surface area contributed by atoms with Crippen LogP contribution < -0.4 is 23.6 Å². The van der Waals surface area contributed by atoms with Crippen molar-refractivity contribution in [2.24, 2.45) is 5.73 Å². The number of hydrogen-bond donors (Lipinski definition) is 2. The molecule has 0 saturated heterocycles. The Morgan fingerprint density at radius 3 is 2.69 bits per heavy atom. The van der Waals surface area contributed by atoms with Crippen LogP contribution in [-0.2, 0) is 0 Å². The zero-order valence-electron chi connectivity index (χ0n) is 9.95. The van der Waals surface area contributed by atoms with E-state index in [0.717, 1.165) is 19.6 Å². The Labute approximate surface area is 103 Å². The van der Waals surface area contributed by atoms with E-state index in [1.165, 1.54) is 12.8 Å². The van der Waals surface area contributed by atoms with Crippen molar-refractivity contribution in [3.63, 3.8) is 0 Å². The second-order valence-corrected chi connectivity index (χ2v) is 4.14.